The van der Waals surface area contributed by atoms with Gasteiger partial charge in [0, 0.05) is 19.3 Å². The van der Waals surface area contributed by atoms with Crippen LogP contribution in [0.1, 0.15) is 380 Å². The van der Waals surface area contributed by atoms with Gasteiger partial charge in [-0.1, -0.05) is 352 Å². The van der Waals surface area contributed by atoms with E-state index in [1.807, 2.05) is 0 Å². The molecule has 0 bridgehead atoms. The van der Waals surface area contributed by atoms with Crippen molar-refractivity contribution < 1.29 is 28.6 Å². The normalized spacial score (nSPS) is 12.3. The molecule has 0 aromatic heterocycles. The largest absolute Gasteiger partial charge is 0.462 e. The van der Waals surface area contributed by atoms with E-state index in [9.17, 15) is 14.4 Å². The molecule has 0 aliphatic carbocycles. The number of esters is 3. The minimum Gasteiger partial charge on any atom is -0.462 e. The summed E-state index contributed by atoms with van der Waals surface area (Å²) in [4.78, 5) is 38.2. The SMILES string of the molecule is CC/C=C\C/C=C\C/C=C\C/C=C\CCCCCCCCC(=O)OC(COC(=O)CCCCCCCCCCC)COC(=O)CCCCCCCCCCCCCCCCCCCCCCCCCCCCCCCCCCC. The Morgan fingerprint density at radius 2 is 0.494 bits per heavy atom. The number of hydrogen-bond donors (Lipinski definition) is 0. The first kappa shape index (κ1) is 76.4. The lowest BCUT2D eigenvalue weighted by Gasteiger charge is -2.18. The van der Waals surface area contributed by atoms with Crippen molar-refractivity contribution in [3.8, 4) is 0 Å². The van der Waals surface area contributed by atoms with Gasteiger partial charge in [-0.15, -0.1) is 0 Å². The summed E-state index contributed by atoms with van der Waals surface area (Å²) in [5, 5.41) is 0. The third kappa shape index (κ3) is 66.1. The maximum absolute atomic E-state index is 12.9. The molecule has 6 heteroatoms. The molecule has 0 spiro atoms. The van der Waals surface area contributed by atoms with Crippen LogP contribution in [0.25, 0.3) is 0 Å². The topological polar surface area (TPSA) is 78.9 Å². The van der Waals surface area contributed by atoms with Gasteiger partial charge in [0.25, 0.3) is 0 Å². The predicted octanol–water partition coefficient (Wildman–Crippen LogP) is 24.1. The van der Waals surface area contributed by atoms with Crippen LogP contribution in [0.15, 0.2) is 48.6 Å². The van der Waals surface area contributed by atoms with E-state index in [2.05, 4.69) is 69.4 Å². The fourth-order valence-corrected chi connectivity index (χ4v) is 10.6. The molecule has 0 aromatic rings. The van der Waals surface area contributed by atoms with Gasteiger partial charge in [-0.2, -0.15) is 0 Å². The van der Waals surface area contributed by atoms with Gasteiger partial charge in [-0.25, -0.2) is 0 Å². The number of carbonyl (C=O) groups is 3. The van der Waals surface area contributed by atoms with Gasteiger partial charge in [0.1, 0.15) is 13.2 Å². The van der Waals surface area contributed by atoms with E-state index >= 15 is 0 Å². The lowest BCUT2D eigenvalue weighted by molar-refractivity contribution is -0.167. The summed E-state index contributed by atoms with van der Waals surface area (Å²) in [6.07, 6.45) is 86.0. The average Bonchev–Trinajstić information content (AvgIpc) is 3.45. The zero-order chi connectivity index (χ0) is 57.1. The molecular weight excluding hydrogens is 973 g/mol. The van der Waals surface area contributed by atoms with Crippen LogP contribution in [0, 0.1) is 0 Å². The molecule has 1 atom stereocenters. The van der Waals surface area contributed by atoms with Crippen molar-refractivity contribution in [2.45, 2.75) is 386 Å². The van der Waals surface area contributed by atoms with Gasteiger partial charge < -0.3 is 14.2 Å². The van der Waals surface area contributed by atoms with Gasteiger partial charge >= 0.3 is 17.9 Å². The van der Waals surface area contributed by atoms with E-state index in [1.165, 1.54) is 244 Å². The highest BCUT2D eigenvalue weighted by atomic mass is 16.6. The highest BCUT2D eigenvalue weighted by Crippen LogP contribution is 2.19. The monoisotopic (exact) mass is 1110 g/mol. The summed E-state index contributed by atoms with van der Waals surface area (Å²) in [5.74, 6) is -0.870. The second kappa shape index (κ2) is 67.9. The van der Waals surface area contributed by atoms with Crippen LogP contribution >= 0.6 is 0 Å². The lowest BCUT2D eigenvalue weighted by Crippen LogP contribution is -2.30. The Morgan fingerprint density at radius 1 is 0.266 bits per heavy atom. The first-order valence-electron chi connectivity index (χ1n) is 35.1. The van der Waals surface area contributed by atoms with Crippen LogP contribution in [0.3, 0.4) is 0 Å². The molecule has 0 N–H and O–H groups in total. The summed E-state index contributed by atoms with van der Waals surface area (Å²) in [7, 11) is 0. The zero-order valence-electron chi connectivity index (χ0n) is 53.2. The maximum atomic E-state index is 12.9. The molecule has 6 nitrogen and oxygen atoms in total. The molecule has 0 radical (unpaired) electrons. The summed E-state index contributed by atoms with van der Waals surface area (Å²) in [6, 6.07) is 0. The van der Waals surface area contributed by atoms with Crippen LogP contribution in [-0.4, -0.2) is 37.2 Å². The van der Waals surface area contributed by atoms with Crippen LogP contribution in [0.2, 0.25) is 0 Å². The zero-order valence-corrected chi connectivity index (χ0v) is 53.2. The second-order valence-corrected chi connectivity index (χ2v) is 23.8. The van der Waals surface area contributed by atoms with Crippen molar-refractivity contribution in [2.75, 3.05) is 13.2 Å². The molecule has 0 fully saturated rings. The van der Waals surface area contributed by atoms with Crippen molar-refractivity contribution in [1.29, 1.82) is 0 Å². The molecule has 0 heterocycles. The lowest BCUT2D eigenvalue weighted by atomic mass is 10.0. The number of allylic oxidation sites excluding steroid dienone is 8. The molecule has 0 amide bonds. The Kier molecular flexibility index (Phi) is 65.6. The first-order valence-corrected chi connectivity index (χ1v) is 35.1. The fourth-order valence-electron chi connectivity index (χ4n) is 10.6. The molecular formula is C73H134O6. The standard InChI is InChI=1S/C73H134O6/c1-4-7-10-13-16-19-21-23-25-27-29-30-31-32-33-34-35-36-37-38-39-40-41-42-44-45-47-49-51-54-57-60-63-66-72(75)78-69-70(68-77-71(74)65-62-59-56-53-18-15-12-9-6-3)79-73(76)67-64-61-58-55-52-50-48-46-43-28-26-24-22-20-17-14-11-8-5-2/h8,11,17,20,24,26,43,46,70H,4-7,9-10,12-16,18-19,21-23,25,27-42,44-45,47-69H2,1-3H3/b11-8-,20-17-,26-24-,46-43-. The van der Waals surface area contributed by atoms with Gasteiger partial charge in [-0.3, -0.25) is 14.4 Å². The Bertz CT molecular complexity index is 1360. The van der Waals surface area contributed by atoms with E-state index in [1.54, 1.807) is 0 Å². The molecule has 0 aliphatic heterocycles. The van der Waals surface area contributed by atoms with Crippen molar-refractivity contribution in [1.82, 2.24) is 0 Å². The van der Waals surface area contributed by atoms with Gasteiger partial charge in [0.15, 0.2) is 6.10 Å². The van der Waals surface area contributed by atoms with Crippen molar-refractivity contribution in [3.05, 3.63) is 48.6 Å². The summed E-state index contributed by atoms with van der Waals surface area (Å²) < 4.78 is 16.9. The quantitative estimate of drug-likeness (QED) is 0.0261. The van der Waals surface area contributed by atoms with Crippen molar-refractivity contribution >= 4 is 17.9 Å². The third-order valence-corrected chi connectivity index (χ3v) is 15.8. The summed E-state index contributed by atoms with van der Waals surface area (Å²) in [6.45, 7) is 6.55. The number of hydrogen-bond acceptors (Lipinski definition) is 6. The number of unbranched alkanes of at least 4 members (excludes halogenated alkanes) is 46. The van der Waals surface area contributed by atoms with Crippen molar-refractivity contribution in [3.63, 3.8) is 0 Å². The highest BCUT2D eigenvalue weighted by molar-refractivity contribution is 5.71. The molecule has 0 aromatic carbocycles. The minimum atomic E-state index is -0.778. The predicted molar refractivity (Wildman–Crippen MR) is 344 cm³/mol. The van der Waals surface area contributed by atoms with E-state index in [4.69, 9.17) is 14.2 Å². The van der Waals surface area contributed by atoms with Crippen molar-refractivity contribution in [2.24, 2.45) is 0 Å². The number of carbonyl (C=O) groups excluding carboxylic acids is 3. The summed E-state index contributed by atoms with van der Waals surface area (Å²) in [5.41, 5.74) is 0. The van der Waals surface area contributed by atoms with Gasteiger partial charge in [0.05, 0.1) is 0 Å². The third-order valence-electron chi connectivity index (χ3n) is 15.8. The molecule has 1 unspecified atom stereocenters. The van der Waals surface area contributed by atoms with Gasteiger partial charge in [0.2, 0.25) is 0 Å². The fraction of sp³-hybridized carbons (Fsp3) is 0.849. The van der Waals surface area contributed by atoms with E-state index in [0.29, 0.717) is 19.3 Å². The second-order valence-electron chi connectivity index (χ2n) is 23.8. The molecule has 0 saturated carbocycles. The van der Waals surface area contributed by atoms with Crippen LogP contribution in [0.4, 0.5) is 0 Å². The van der Waals surface area contributed by atoms with E-state index in [0.717, 1.165) is 96.3 Å². The van der Waals surface area contributed by atoms with Crippen LogP contribution in [-0.2, 0) is 28.6 Å². The molecule has 462 valence electrons. The van der Waals surface area contributed by atoms with Crippen LogP contribution < -0.4 is 0 Å². The van der Waals surface area contributed by atoms with Gasteiger partial charge in [-0.05, 0) is 57.8 Å². The van der Waals surface area contributed by atoms with E-state index in [-0.39, 0.29) is 31.1 Å². The Hall–Kier alpha value is -2.63. The Labute approximate surface area is 492 Å². The molecule has 79 heavy (non-hydrogen) atoms. The van der Waals surface area contributed by atoms with Crippen LogP contribution in [0.5, 0.6) is 0 Å². The maximum Gasteiger partial charge on any atom is 0.306 e. The molecule has 0 saturated heterocycles. The number of ether oxygens (including phenoxy) is 3. The Balaban J connectivity index is 4.04. The summed E-state index contributed by atoms with van der Waals surface area (Å²) >= 11 is 0. The smallest absolute Gasteiger partial charge is 0.306 e. The highest BCUT2D eigenvalue weighted by Gasteiger charge is 2.19. The first-order chi connectivity index (χ1) is 39.0. The minimum absolute atomic E-state index is 0.0746. The average molecular weight is 1110 g/mol. The Morgan fingerprint density at radius 3 is 0.772 bits per heavy atom. The molecule has 0 rings (SSSR count). The number of rotatable bonds is 65. The molecule has 0 aliphatic rings. The van der Waals surface area contributed by atoms with E-state index < -0.39 is 6.10 Å².